The van der Waals surface area contributed by atoms with E-state index in [1.165, 1.54) is 12.1 Å². The van der Waals surface area contributed by atoms with Gasteiger partial charge in [-0.25, -0.2) is 4.39 Å². The summed E-state index contributed by atoms with van der Waals surface area (Å²) in [6, 6.07) is 13.7. The molecule has 0 aliphatic carbocycles. The second-order valence-electron chi connectivity index (χ2n) is 3.51. The van der Waals surface area contributed by atoms with Crippen molar-refractivity contribution in [1.29, 1.82) is 0 Å². The molecule has 0 amide bonds. The predicted molar refractivity (Wildman–Crippen MR) is 66.6 cm³/mol. The fourth-order valence-electron chi connectivity index (χ4n) is 1.40. The van der Waals surface area contributed by atoms with Gasteiger partial charge in [0.25, 0.3) is 0 Å². The van der Waals surface area contributed by atoms with Gasteiger partial charge in [0.15, 0.2) is 0 Å². The zero-order valence-electron chi connectivity index (χ0n) is 9.43. The lowest BCUT2D eigenvalue weighted by Gasteiger charge is -1.99. The fraction of sp³-hybridized carbons (Fsp3) is 0.0714. The molecular formula is C14H12FNO. The molecule has 0 heterocycles. The summed E-state index contributed by atoms with van der Waals surface area (Å²) < 4.78 is 18.0. The minimum atomic E-state index is -0.260. The average molecular weight is 229 g/mol. The van der Waals surface area contributed by atoms with E-state index in [0.29, 0.717) is 0 Å². The summed E-state index contributed by atoms with van der Waals surface area (Å²) in [5.74, 6) is 0.526. The fourth-order valence-corrected chi connectivity index (χ4v) is 1.40. The van der Waals surface area contributed by atoms with Crippen LogP contribution in [-0.2, 0) is 0 Å². The summed E-state index contributed by atoms with van der Waals surface area (Å²) in [5, 5.41) is 0. The van der Waals surface area contributed by atoms with Crippen LogP contribution in [0.3, 0.4) is 0 Å². The first-order chi connectivity index (χ1) is 8.28. The maximum Gasteiger partial charge on any atom is 0.123 e. The van der Waals surface area contributed by atoms with Crippen LogP contribution in [0.5, 0.6) is 5.75 Å². The van der Waals surface area contributed by atoms with Gasteiger partial charge in [0.05, 0.1) is 12.8 Å². The molecule has 2 nitrogen and oxygen atoms in total. The normalized spacial score (nSPS) is 10.7. The van der Waals surface area contributed by atoms with Crippen molar-refractivity contribution in [2.45, 2.75) is 0 Å². The van der Waals surface area contributed by atoms with Crippen molar-refractivity contribution in [3.63, 3.8) is 0 Å². The summed E-state index contributed by atoms with van der Waals surface area (Å²) in [5.41, 5.74) is 1.54. The van der Waals surface area contributed by atoms with E-state index in [0.717, 1.165) is 17.0 Å². The van der Waals surface area contributed by atoms with E-state index in [4.69, 9.17) is 4.74 Å². The summed E-state index contributed by atoms with van der Waals surface area (Å²) >= 11 is 0. The molecule has 86 valence electrons. The molecule has 2 aromatic rings. The molecule has 2 rings (SSSR count). The molecule has 0 saturated heterocycles. The van der Waals surface area contributed by atoms with E-state index < -0.39 is 0 Å². The van der Waals surface area contributed by atoms with E-state index in [1.54, 1.807) is 25.5 Å². The van der Waals surface area contributed by atoms with Crippen LogP contribution in [0.25, 0.3) is 0 Å². The molecule has 0 N–H and O–H groups in total. The summed E-state index contributed by atoms with van der Waals surface area (Å²) in [6.07, 6.45) is 1.63. The van der Waals surface area contributed by atoms with E-state index >= 15 is 0 Å². The van der Waals surface area contributed by atoms with Gasteiger partial charge in [0.1, 0.15) is 11.6 Å². The Labute approximate surface area is 99.4 Å². The average Bonchev–Trinajstić information content (AvgIpc) is 2.37. The van der Waals surface area contributed by atoms with Crippen molar-refractivity contribution in [2.24, 2.45) is 4.99 Å². The molecule has 17 heavy (non-hydrogen) atoms. The first-order valence-corrected chi connectivity index (χ1v) is 5.21. The molecule has 2 aromatic carbocycles. The largest absolute Gasteiger partial charge is 0.497 e. The molecule has 0 radical (unpaired) electrons. The van der Waals surface area contributed by atoms with Crippen LogP contribution in [0, 0.1) is 5.82 Å². The Morgan fingerprint density at radius 3 is 2.53 bits per heavy atom. The molecule has 0 bridgehead atoms. The van der Waals surface area contributed by atoms with Crippen molar-refractivity contribution in [3.05, 3.63) is 59.9 Å². The summed E-state index contributed by atoms with van der Waals surface area (Å²) in [4.78, 5) is 4.25. The quantitative estimate of drug-likeness (QED) is 0.737. The zero-order chi connectivity index (χ0) is 12.1. The first-order valence-electron chi connectivity index (χ1n) is 5.21. The SMILES string of the molecule is COc1ccc(N=Cc2cccc(F)c2)cc1. The van der Waals surface area contributed by atoms with Gasteiger partial charge in [0, 0.05) is 6.21 Å². The van der Waals surface area contributed by atoms with Gasteiger partial charge in [0.2, 0.25) is 0 Å². The van der Waals surface area contributed by atoms with Crippen molar-refractivity contribution in [2.75, 3.05) is 7.11 Å². The Kier molecular flexibility index (Phi) is 3.50. The Bertz CT molecular complexity index is 520. The lowest BCUT2D eigenvalue weighted by atomic mass is 10.2. The van der Waals surface area contributed by atoms with E-state index in [1.807, 2.05) is 24.3 Å². The lowest BCUT2D eigenvalue weighted by Crippen LogP contribution is -1.82. The first kappa shape index (κ1) is 11.3. The zero-order valence-corrected chi connectivity index (χ0v) is 9.43. The number of benzene rings is 2. The van der Waals surface area contributed by atoms with Crippen molar-refractivity contribution >= 4 is 11.9 Å². The molecule has 0 fully saturated rings. The van der Waals surface area contributed by atoms with Gasteiger partial charge in [-0.05, 0) is 42.0 Å². The third-order valence-corrected chi connectivity index (χ3v) is 2.28. The third-order valence-electron chi connectivity index (χ3n) is 2.28. The Morgan fingerprint density at radius 1 is 1.12 bits per heavy atom. The molecule has 0 saturated carbocycles. The van der Waals surface area contributed by atoms with E-state index in [9.17, 15) is 4.39 Å². The highest BCUT2D eigenvalue weighted by Gasteiger charge is 1.93. The van der Waals surface area contributed by atoms with Crippen LogP contribution in [0.15, 0.2) is 53.5 Å². The number of nitrogens with zero attached hydrogens (tertiary/aromatic N) is 1. The number of aliphatic imine (C=N–C) groups is 1. The molecule has 0 spiro atoms. The lowest BCUT2D eigenvalue weighted by molar-refractivity contribution is 0.415. The van der Waals surface area contributed by atoms with Crippen molar-refractivity contribution < 1.29 is 9.13 Å². The van der Waals surface area contributed by atoms with Gasteiger partial charge < -0.3 is 4.74 Å². The Morgan fingerprint density at radius 2 is 1.88 bits per heavy atom. The number of ether oxygens (including phenoxy) is 1. The van der Waals surface area contributed by atoms with Gasteiger partial charge in [-0.3, -0.25) is 4.99 Å². The standard InChI is InChI=1S/C14H12FNO/c1-17-14-7-5-13(6-8-14)16-10-11-3-2-4-12(15)9-11/h2-10H,1H3. The third kappa shape index (κ3) is 3.14. The molecule has 0 aromatic heterocycles. The van der Waals surface area contributed by atoms with E-state index in [2.05, 4.69) is 4.99 Å². The number of hydrogen-bond acceptors (Lipinski definition) is 2. The molecule has 0 atom stereocenters. The maximum absolute atomic E-state index is 12.9. The molecule has 0 unspecified atom stereocenters. The smallest absolute Gasteiger partial charge is 0.123 e. The molecular weight excluding hydrogens is 217 g/mol. The van der Waals surface area contributed by atoms with Crippen LogP contribution in [0.1, 0.15) is 5.56 Å². The van der Waals surface area contributed by atoms with Crippen LogP contribution >= 0.6 is 0 Å². The van der Waals surface area contributed by atoms with Crippen LogP contribution < -0.4 is 4.74 Å². The molecule has 0 aliphatic heterocycles. The number of rotatable bonds is 3. The maximum atomic E-state index is 12.9. The Balaban J connectivity index is 2.14. The number of hydrogen-bond donors (Lipinski definition) is 0. The van der Waals surface area contributed by atoms with Gasteiger partial charge in [-0.15, -0.1) is 0 Å². The highest BCUT2D eigenvalue weighted by molar-refractivity contribution is 5.81. The van der Waals surface area contributed by atoms with Gasteiger partial charge in [-0.1, -0.05) is 12.1 Å². The number of methoxy groups -OCH3 is 1. The summed E-state index contributed by atoms with van der Waals surface area (Å²) in [6.45, 7) is 0. The van der Waals surface area contributed by atoms with Gasteiger partial charge in [-0.2, -0.15) is 0 Å². The van der Waals surface area contributed by atoms with Crippen molar-refractivity contribution in [3.8, 4) is 5.75 Å². The minimum Gasteiger partial charge on any atom is -0.497 e. The van der Waals surface area contributed by atoms with Crippen molar-refractivity contribution in [1.82, 2.24) is 0 Å². The molecule has 0 aliphatic rings. The second-order valence-corrected chi connectivity index (χ2v) is 3.51. The Hall–Kier alpha value is -2.16. The topological polar surface area (TPSA) is 21.6 Å². The highest BCUT2D eigenvalue weighted by Crippen LogP contribution is 2.17. The van der Waals surface area contributed by atoms with Crippen LogP contribution in [-0.4, -0.2) is 13.3 Å². The predicted octanol–water partition coefficient (Wildman–Crippen LogP) is 3.58. The number of halogens is 1. The van der Waals surface area contributed by atoms with E-state index in [-0.39, 0.29) is 5.82 Å². The van der Waals surface area contributed by atoms with Crippen LogP contribution in [0.2, 0.25) is 0 Å². The molecule has 3 heteroatoms. The minimum absolute atomic E-state index is 0.260. The second kappa shape index (κ2) is 5.25. The summed E-state index contributed by atoms with van der Waals surface area (Å²) in [7, 11) is 1.62. The van der Waals surface area contributed by atoms with Gasteiger partial charge >= 0.3 is 0 Å². The monoisotopic (exact) mass is 229 g/mol. The van der Waals surface area contributed by atoms with Crippen LogP contribution in [0.4, 0.5) is 10.1 Å². The highest BCUT2D eigenvalue weighted by atomic mass is 19.1.